The first-order valence-electron chi connectivity index (χ1n) is 9.84. The Balaban J connectivity index is 2.32. The van der Waals surface area contributed by atoms with Gasteiger partial charge in [-0.15, -0.1) is 0 Å². The monoisotopic (exact) mass is 458 g/mol. The lowest BCUT2D eigenvalue weighted by Crippen LogP contribution is -2.45. The summed E-state index contributed by atoms with van der Waals surface area (Å²) in [4.78, 5) is 58.2. The van der Waals surface area contributed by atoms with Gasteiger partial charge < -0.3 is 19.9 Å². The predicted octanol–water partition coefficient (Wildman–Crippen LogP) is 2.44. The van der Waals surface area contributed by atoms with Crippen LogP contribution in [0.1, 0.15) is 42.1 Å². The van der Waals surface area contributed by atoms with Crippen molar-refractivity contribution >= 4 is 29.5 Å². The first kappa shape index (κ1) is 25.0. The molecular formula is C22H22N2O9. The quantitative estimate of drug-likeness (QED) is 0.236. The van der Waals surface area contributed by atoms with Crippen LogP contribution in [0.5, 0.6) is 5.75 Å². The third kappa shape index (κ3) is 7.13. The lowest BCUT2D eigenvalue weighted by Gasteiger charge is -2.25. The summed E-state index contributed by atoms with van der Waals surface area (Å²) in [5, 5.41) is 23.1. The fourth-order valence-corrected chi connectivity index (χ4v) is 3.07. The van der Waals surface area contributed by atoms with Crippen molar-refractivity contribution in [1.82, 2.24) is 5.32 Å². The Bertz CT molecular complexity index is 1030. The number of carbonyl (C=O) groups is 4. The standard InChI is InChI=1S/C22H22N2O9/c1-3-32-19(26)12-18(14-4-8-16(9-5-14)24(30)31)20(22(28)29)23-21(27)15-6-10-17(11-7-15)33-13(2)25/h4-11,18,20H,3,12H2,1-2H3,(H,23,27)(H,28,29)/t18-,20+/m0/s1. The van der Waals surface area contributed by atoms with Gasteiger partial charge in [-0.25, -0.2) is 4.79 Å². The molecule has 2 rings (SSSR count). The summed E-state index contributed by atoms with van der Waals surface area (Å²) in [6.45, 7) is 2.89. The summed E-state index contributed by atoms with van der Waals surface area (Å²) < 4.78 is 9.82. The van der Waals surface area contributed by atoms with E-state index in [9.17, 15) is 34.4 Å². The third-order valence-corrected chi connectivity index (χ3v) is 4.56. The van der Waals surface area contributed by atoms with Crippen LogP contribution in [0, 0.1) is 10.1 Å². The molecule has 11 heteroatoms. The van der Waals surface area contributed by atoms with Gasteiger partial charge in [0.2, 0.25) is 0 Å². The van der Waals surface area contributed by atoms with Crippen molar-refractivity contribution in [3.63, 3.8) is 0 Å². The molecule has 2 N–H and O–H groups in total. The minimum atomic E-state index is -1.54. The van der Waals surface area contributed by atoms with Crippen LogP contribution in [-0.4, -0.2) is 46.5 Å². The number of aliphatic carboxylic acids is 1. The van der Waals surface area contributed by atoms with Crippen molar-refractivity contribution in [3.8, 4) is 5.75 Å². The molecule has 0 aliphatic rings. The number of ether oxygens (including phenoxy) is 2. The number of nitro benzene ring substituents is 1. The number of non-ortho nitro benzene ring substituents is 1. The van der Waals surface area contributed by atoms with E-state index in [0.29, 0.717) is 5.56 Å². The number of hydrogen-bond acceptors (Lipinski definition) is 8. The van der Waals surface area contributed by atoms with Gasteiger partial charge in [0.25, 0.3) is 11.6 Å². The molecule has 0 unspecified atom stereocenters. The van der Waals surface area contributed by atoms with Gasteiger partial charge >= 0.3 is 17.9 Å². The van der Waals surface area contributed by atoms with Crippen molar-refractivity contribution in [3.05, 3.63) is 69.8 Å². The molecule has 174 valence electrons. The fraction of sp³-hybridized carbons (Fsp3) is 0.273. The summed E-state index contributed by atoms with van der Waals surface area (Å²) in [6, 6.07) is 8.92. The molecule has 0 aliphatic heterocycles. The van der Waals surface area contributed by atoms with E-state index < -0.39 is 40.7 Å². The highest BCUT2D eigenvalue weighted by Crippen LogP contribution is 2.27. The zero-order valence-electron chi connectivity index (χ0n) is 17.8. The molecule has 0 fully saturated rings. The lowest BCUT2D eigenvalue weighted by atomic mass is 9.88. The SMILES string of the molecule is CCOC(=O)C[C@@H](c1ccc([N+](=O)[O-])cc1)[C@@H](NC(=O)c1ccc(OC(C)=O)cc1)C(=O)O. The van der Waals surface area contributed by atoms with E-state index in [1.54, 1.807) is 6.92 Å². The molecule has 0 spiro atoms. The molecule has 2 aromatic carbocycles. The van der Waals surface area contributed by atoms with E-state index >= 15 is 0 Å². The Labute approximate surface area is 188 Å². The van der Waals surface area contributed by atoms with Gasteiger partial charge in [-0.05, 0) is 36.8 Å². The van der Waals surface area contributed by atoms with Gasteiger partial charge in [0.15, 0.2) is 0 Å². The summed E-state index contributed by atoms with van der Waals surface area (Å²) in [6.07, 6.45) is -0.381. The maximum absolute atomic E-state index is 12.7. The normalized spacial score (nSPS) is 12.2. The molecule has 0 aromatic heterocycles. The Kier molecular flexibility index (Phi) is 8.61. The van der Waals surface area contributed by atoms with Crippen LogP contribution in [0.4, 0.5) is 5.69 Å². The number of amides is 1. The van der Waals surface area contributed by atoms with E-state index in [0.717, 1.165) is 0 Å². The highest BCUT2D eigenvalue weighted by atomic mass is 16.6. The topological polar surface area (TPSA) is 162 Å². The molecule has 0 radical (unpaired) electrons. The van der Waals surface area contributed by atoms with Gasteiger partial charge in [0.05, 0.1) is 18.0 Å². The Morgan fingerprint density at radius 3 is 2.15 bits per heavy atom. The molecule has 0 saturated heterocycles. The first-order valence-corrected chi connectivity index (χ1v) is 9.84. The van der Waals surface area contributed by atoms with E-state index in [1.807, 2.05) is 0 Å². The molecule has 0 heterocycles. The Morgan fingerprint density at radius 1 is 1.06 bits per heavy atom. The molecule has 33 heavy (non-hydrogen) atoms. The number of nitrogens with one attached hydrogen (secondary N) is 1. The molecule has 2 atom stereocenters. The third-order valence-electron chi connectivity index (χ3n) is 4.56. The van der Waals surface area contributed by atoms with E-state index in [-0.39, 0.29) is 30.0 Å². The summed E-state index contributed by atoms with van der Waals surface area (Å²) >= 11 is 0. The van der Waals surface area contributed by atoms with Crippen molar-refractivity contribution < 1.29 is 38.7 Å². The molecular weight excluding hydrogens is 436 g/mol. The van der Waals surface area contributed by atoms with Gasteiger partial charge in [0.1, 0.15) is 11.8 Å². The minimum absolute atomic E-state index is 0.0740. The van der Waals surface area contributed by atoms with Crippen molar-refractivity contribution in [2.24, 2.45) is 0 Å². The molecule has 1 amide bonds. The van der Waals surface area contributed by atoms with E-state index in [4.69, 9.17) is 9.47 Å². The second-order valence-electron chi connectivity index (χ2n) is 6.87. The van der Waals surface area contributed by atoms with Crippen LogP contribution >= 0.6 is 0 Å². The number of carboxylic acids is 1. The molecule has 0 bridgehead atoms. The largest absolute Gasteiger partial charge is 0.480 e. The average molecular weight is 458 g/mol. The summed E-state index contributed by atoms with van der Waals surface area (Å²) in [5.74, 6) is -4.23. The maximum atomic E-state index is 12.7. The van der Waals surface area contributed by atoms with Gasteiger partial charge in [-0.1, -0.05) is 12.1 Å². The number of rotatable bonds is 10. The number of benzene rings is 2. The van der Waals surface area contributed by atoms with Crippen LogP contribution in [0.3, 0.4) is 0 Å². The number of carbonyl (C=O) groups excluding carboxylic acids is 3. The van der Waals surface area contributed by atoms with Crippen molar-refractivity contribution in [2.45, 2.75) is 32.2 Å². The Morgan fingerprint density at radius 2 is 1.67 bits per heavy atom. The summed E-state index contributed by atoms with van der Waals surface area (Å²) in [7, 11) is 0. The maximum Gasteiger partial charge on any atom is 0.326 e. The highest BCUT2D eigenvalue weighted by Gasteiger charge is 2.33. The van der Waals surface area contributed by atoms with E-state index in [2.05, 4.69) is 5.32 Å². The van der Waals surface area contributed by atoms with Crippen LogP contribution in [-0.2, 0) is 19.1 Å². The smallest absolute Gasteiger partial charge is 0.326 e. The zero-order valence-corrected chi connectivity index (χ0v) is 17.8. The predicted molar refractivity (Wildman–Crippen MR) is 114 cm³/mol. The lowest BCUT2D eigenvalue weighted by molar-refractivity contribution is -0.384. The highest BCUT2D eigenvalue weighted by molar-refractivity contribution is 5.97. The van der Waals surface area contributed by atoms with Gasteiger partial charge in [0, 0.05) is 30.5 Å². The second-order valence-corrected chi connectivity index (χ2v) is 6.87. The summed E-state index contributed by atoms with van der Waals surface area (Å²) in [5.41, 5.74) is 0.180. The zero-order chi connectivity index (χ0) is 24.5. The van der Waals surface area contributed by atoms with Crippen LogP contribution in [0.15, 0.2) is 48.5 Å². The number of hydrogen-bond donors (Lipinski definition) is 2. The van der Waals surface area contributed by atoms with Gasteiger partial charge in [-0.3, -0.25) is 24.5 Å². The second kappa shape index (κ2) is 11.4. The first-order chi connectivity index (χ1) is 15.6. The minimum Gasteiger partial charge on any atom is -0.480 e. The average Bonchev–Trinajstić information content (AvgIpc) is 2.76. The van der Waals surface area contributed by atoms with Crippen molar-refractivity contribution in [2.75, 3.05) is 6.61 Å². The number of nitro groups is 1. The fourth-order valence-electron chi connectivity index (χ4n) is 3.07. The number of nitrogens with zero attached hydrogens (tertiary/aromatic N) is 1. The molecule has 0 saturated carbocycles. The van der Waals surface area contributed by atoms with E-state index in [1.165, 1.54) is 55.5 Å². The van der Waals surface area contributed by atoms with Gasteiger partial charge in [-0.2, -0.15) is 0 Å². The van der Waals surface area contributed by atoms with Crippen LogP contribution in [0.25, 0.3) is 0 Å². The molecule has 0 aliphatic carbocycles. The van der Waals surface area contributed by atoms with Crippen LogP contribution in [0.2, 0.25) is 0 Å². The number of carboxylic acid groups (broad SMARTS) is 1. The van der Waals surface area contributed by atoms with Crippen LogP contribution < -0.4 is 10.1 Å². The Hall–Kier alpha value is -4.28. The molecule has 11 nitrogen and oxygen atoms in total. The molecule has 2 aromatic rings. The van der Waals surface area contributed by atoms with Crippen molar-refractivity contribution in [1.29, 1.82) is 0 Å². The number of esters is 2.